The average Bonchev–Trinajstić information content (AvgIpc) is 3.47. The number of halogens is 1. The molecule has 1 aromatic carbocycles. The third-order valence-corrected chi connectivity index (χ3v) is 6.72. The first-order valence-corrected chi connectivity index (χ1v) is 13.3. The molecule has 0 radical (unpaired) electrons. The number of nitrogens with one attached hydrogen (secondary N) is 1. The van der Waals surface area contributed by atoms with Crippen molar-refractivity contribution in [2.75, 3.05) is 6.54 Å². The maximum atomic E-state index is 14.1. The van der Waals surface area contributed by atoms with E-state index in [1.54, 1.807) is 32.9 Å². The van der Waals surface area contributed by atoms with Gasteiger partial charge in [0.1, 0.15) is 29.6 Å². The van der Waals surface area contributed by atoms with Gasteiger partial charge in [0.2, 0.25) is 11.8 Å². The van der Waals surface area contributed by atoms with Gasteiger partial charge in [0.05, 0.1) is 13.1 Å². The van der Waals surface area contributed by atoms with Gasteiger partial charge in [-0.25, -0.2) is 14.0 Å². The van der Waals surface area contributed by atoms with Crippen LogP contribution in [0, 0.1) is 5.82 Å². The van der Waals surface area contributed by atoms with E-state index in [2.05, 4.69) is 11.9 Å². The van der Waals surface area contributed by atoms with Crippen LogP contribution in [0.25, 0.3) is 0 Å². The Hall–Kier alpha value is -3.63. The topological polar surface area (TPSA) is 131 Å². The lowest BCUT2D eigenvalue weighted by molar-refractivity contribution is -0.139. The summed E-state index contributed by atoms with van der Waals surface area (Å²) >= 11 is 0. The fourth-order valence-corrected chi connectivity index (χ4v) is 4.84. The molecule has 0 unspecified atom stereocenters. The monoisotopic (exact) mass is 546 g/mol. The molecule has 3 atom stereocenters. The number of unbranched alkanes of at least 4 members (excludes halogenated alkanes) is 3. The number of alkyl carbamates (subject to hydrolysis) is 1. The van der Waals surface area contributed by atoms with Crippen molar-refractivity contribution in [1.82, 2.24) is 15.1 Å². The highest BCUT2D eigenvalue weighted by Gasteiger charge is 2.43. The zero-order chi connectivity index (χ0) is 28.7. The minimum Gasteiger partial charge on any atom is -0.444 e. The molecule has 3 N–H and O–H groups in total. The van der Waals surface area contributed by atoms with Gasteiger partial charge in [0.15, 0.2) is 0 Å². The summed E-state index contributed by atoms with van der Waals surface area (Å²) < 4.78 is 25.1. The van der Waals surface area contributed by atoms with Crippen molar-refractivity contribution in [2.24, 2.45) is 5.73 Å². The largest absolute Gasteiger partial charge is 0.444 e. The first-order chi connectivity index (χ1) is 18.4. The number of allylic oxidation sites excluding steroid dienone is 1. The SMILES string of the molecule is C=CCCCCC[C@H](NC(=O)OC(C)(C)C)C(=O)N1C[C@H](OC(=O)N2Cc3cccc(F)c3C2)C[C@H]1C(N)=O. The van der Waals surface area contributed by atoms with Crippen LogP contribution >= 0.6 is 0 Å². The Bertz CT molecular complexity index is 1090. The van der Waals surface area contributed by atoms with E-state index in [0.29, 0.717) is 24.0 Å². The number of amides is 4. The lowest BCUT2D eigenvalue weighted by Gasteiger charge is -2.28. The van der Waals surface area contributed by atoms with Crippen LogP contribution in [0.5, 0.6) is 0 Å². The van der Waals surface area contributed by atoms with E-state index >= 15 is 0 Å². The zero-order valence-corrected chi connectivity index (χ0v) is 22.9. The summed E-state index contributed by atoms with van der Waals surface area (Å²) in [7, 11) is 0. The number of benzene rings is 1. The summed E-state index contributed by atoms with van der Waals surface area (Å²) in [5.74, 6) is -1.62. The molecule has 39 heavy (non-hydrogen) atoms. The number of likely N-dealkylation sites (tertiary alicyclic amines) is 1. The van der Waals surface area contributed by atoms with E-state index < -0.39 is 47.8 Å². The number of ether oxygens (including phenoxy) is 2. The fraction of sp³-hybridized carbons (Fsp3) is 0.571. The molecule has 4 amide bonds. The van der Waals surface area contributed by atoms with Crippen LogP contribution in [-0.2, 0) is 32.2 Å². The first-order valence-electron chi connectivity index (χ1n) is 13.3. The molecule has 1 saturated heterocycles. The second-order valence-corrected chi connectivity index (χ2v) is 11.0. The van der Waals surface area contributed by atoms with Crippen molar-refractivity contribution in [3.05, 3.63) is 47.8 Å². The Labute approximate surface area is 228 Å². The number of hydrogen-bond acceptors (Lipinski definition) is 6. The molecule has 1 fully saturated rings. The first kappa shape index (κ1) is 29.9. The molecule has 1 aromatic rings. The van der Waals surface area contributed by atoms with Gasteiger partial charge in [0.25, 0.3) is 0 Å². The van der Waals surface area contributed by atoms with E-state index in [1.807, 2.05) is 6.08 Å². The lowest BCUT2D eigenvalue weighted by Crippen LogP contribution is -2.53. The van der Waals surface area contributed by atoms with Gasteiger partial charge in [-0.05, 0) is 51.7 Å². The molecule has 214 valence electrons. The number of carbonyl (C=O) groups excluding carboxylic acids is 4. The van der Waals surface area contributed by atoms with Crippen LogP contribution in [-0.4, -0.2) is 64.1 Å². The molecule has 2 aliphatic heterocycles. The van der Waals surface area contributed by atoms with Crippen LogP contribution in [0.2, 0.25) is 0 Å². The van der Waals surface area contributed by atoms with Crippen molar-refractivity contribution in [3.8, 4) is 0 Å². The molecule has 0 aromatic heterocycles. The summed E-state index contributed by atoms with van der Waals surface area (Å²) in [4.78, 5) is 53.9. The van der Waals surface area contributed by atoms with Gasteiger partial charge >= 0.3 is 12.2 Å². The summed E-state index contributed by atoms with van der Waals surface area (Å²) in [6, 6.07) is 2.72. The van der Waals surface area contributed by atoms with Crippen molar-refractivity contribution in [3.63, 3.8) is 0 Å². The predicted octanol–water partition coefficient (Wildman–Crippen LogP) is 3.76. The molecule has 2 aliphatic rings. The highest BCUT2D eigenvalue weighted by atomic mass is 19.1. The minimum atomic E-state index is -1.01. The Morgan fingerprint density at radius 1 is 1.21 bits per heavy atom. The normalized spacial score (nSPS) is 19.3. The smallest absolute Gasteiger partial charge is 0.410 e. The molecule has 0 bridgehead atoms. The van der Waals surface area contributed by atoms with Crippen molar-refractivity contribution < 1.29 is 33.0 Å². The highest BCUT2D eigenvalue weighted by Crippen LogP contribution is 2.28. The van der Waals surface area contributed by atoms with E-state index in [0.717, 1.165) is 19.3 Å². The highest BCUT2D eigenvalue weighted by molar-refractivity contribution is 5.91. The molecule has 11 heteroatoms. The number of nitrogens with zero attached hydrogens (tertiary/aromatic N) is 2. The zero-order valence-electron chi connectivity index (χ0n) is 22.9. The van der Waals surface area contributed by atoms with Gasteiger partial charge in [-0.1, -0.05) is 31.1 Å². The third-order valence-electron chi connectivity index (χ3n) is 6.72. The van der Waals surface area contributed by atoms with E-state index in [9.17, 15) is 23.6 Å². The second-order valence-electron chi connectivity index (χ2n) is 11.0. The number of carbonyl (C=O) groups is 4. The number of rotatable bonds is 10. The lowest BCUT2D eigenvalue weighted by atomic mass is 10.1. The number of hydrogen-bond donors (Lipinski definition) is 2. The second kappa shape index (κ2) is 12.9. The molecule has 0 aliphatic carbocycles. The van der Waals surface area contributed by atoms with E-state index in [4.69, 9.17) is 15.2 Å². The molecule has 10 nitrogen and oxygen atoms in total. The summed E-state index contributed by atoms with van der Waals surface area (Å²) in [6.07, 6.45) is 3.19. The quantitative estimate of drug-likeness (QED) is 0.339. The summed E-state index contributed by atoms with van der Waals surface area (Å²) in [5, 5.41) is 2.64. The van der Waals surface area contributed by atoms with Crippen LogP contribution in [0.4, 0.5) is 14.0 Å². The maximum absolute atomic E-state index is 14.1. The Morgan fingerprint density at radius 2 is 1.95 bits per heavy atom. The molecular weight excluding hydrogens is 507 g/mol. The van der Waals surface area contributed by atoms with Gasteiger partial charge in [-0.15, -0.1) is 6.58 Å². The van der Waals surface area contributed by atoms with Gasteiger partial charge in [0, 0.05) is 18.5 Å². The third kappa shape index (κ3) is 8.18. The standard InChI is InChI=1S/C28H39FN4O6/c1-5-6-7-8-9-13-22(31-26(36)39-28(2,3)4)25(35)33-16-19(14-23(33)24(30)34)38-27(37)32-15-18-11-10-12-21(29)20(18)17-32/h5,10-12,19,22-23H,1,6-9,13-17H2,2-4H3,(H2,30,34)(H,31,36)/t19-,22+,23+/m1/s1. The molecule has 0 saturated carbocycles. The Morgan fingerprint density at radius 3 is 2.59 bits per heavy atom. The fourth-order valence-electron chi connectivity index (χ4n) is 4.84. The van der Waals surface area contributed by atoms with Gasteiger partial charge < -0.3 is 25.4 Å². The van der Waals surface area contributed by atoms with E-state index in [-0.39, 0.29) is 31.9 Å². The minimum absolute atomic E-state index is 0.0282. The van der Waals surface area contributed by atoms with Crippen LogP contribution in [0.1, 0.15) is 70.4 Å². The molecular formula is C28H39FN4O6. The average molecular weight is 547 g/mol. The van der Waals surface area contributed by atoms with Gasteiger partial charge in [-0.2, -0.15) is 0 Å². The number of nitrogens with two attached hydrogens (primary N) is 1. The van der Waals surface area contributed by atoms with Crippen LogP contribution in [0.15, 0.2) is 30.9 Å². The van der Waals surface area contributed by atoms with Gasteiger partial charge in [-0.3, -0.25) is 14.5 Å². The summed E-state index contributed by atoms with van der Waals surface area (Å²) in [6.45, 7) is 9.07. The van der Waals surface area contributed by atoms with Crippen molar-refractivity contribution in [1.29, 1.82) is 0 Å². The predicted molar refractivity (Wildman–Crippen MR) is 142 cm³/mol. The Balaban J connectivity index is 1.67. The van der Waals surface area contributed by atoms with Crippen LogP contribution in [0.3, 0.4) is 0 Å². The number of primary amides is 1. The maximum Gasteiger partial charge on any atom is 0.410 e. The van der Waals surface area contributed by atoms with Crippen molar-refractivity contribution in [2.45, 2.75) is 96.2 Å². The van der Waals surface area contributed by atoms with Crippen LogP contribution < -0.4 is 11.1 Å². The Kier molecular flexibility index (Phi) is 9.93. The molecule has 3 rings (SSSR count). The summed E-state index contributed by atoms with van der Waals surface area (Å²) in [5.41, 5.74) is 5.99. The van der Waals surface area contributed by atoms with Crippen molar-refractivity contribution >= 4 is 24.0 Å². The molecule has 2 heterocycles. The number of fused-ring (bicyclic) bond motifs is 1. The molecule has 0 spiro atoms. The van der Waals surface area contributed by atoms with E-state index in [1.165, 1.54) is 15.9 Å².